The number of rotatable bonds is 3. The number of ether oxygens (including phenoxy) is 1. The standard InChI is InChI=1S/C13H18O3/c1-10(14)13(15,16-12(2,3)4)11-8-6-5-7-9-11/h5-9,15H,1-4H3. The first-order valence-electron chi connectivity index (χ1n) is 5.25. The Morgan fingerprint density at radius 1 is 1.19 bits per heavy atom. The van der Waals surface area contributed by atoms with Gasteiger partial charge >= 0.3 is 0 Å². The topological polar surface area (TPSA) is 46.5 Å². The van der Waals surface area contributed by atoms with Gasteiger partial charge in [0.15, 0.2) is 5.78 Å². The van der Waals surface area contributed by atoms with Gasteiger partial charge in [0, 0.05) is 12.5 Å². The molecule has 1 aromatic rings. The first kappa shape index (κ1) is 12.9. The molecule has 3 nitrogen and oxygen atoms in total. The van der Waals surface area contributed by atoms with Crippen molar-refractivity contribution in [2.45, 2.75) is 39.1 Å². The van der Waals surface area contributed by atoms with Crippen molar-refractivity contribution in [3.05, 3.63) is 35.9 Å². The number of Topliss-reactive ketones (excluding diaryl/α,β-unsaturated/α-hetero) is 1. The largest absolute Gasteiger partial charge is 0.356 e. The molecule has 1 unspecified atom stereocenters. The fraction of sp³-hybridized carbons (Fsp3) is 0.462. The number of carbonyl (C=O) groups is 1. The van der Waals surface area contributed by atoms with Gasteiger partial charge in [-0.25, -0.2) is 0 Å². The van der Waals surface area contributed by atoms with Crippen LogP contribution in [0.25, 0.3) is 0 Å². The van der Waals surface area contributed by atoms with Gasteiger partial charge in [0.2, 0.25) is 0 Å². The molecule has 0 aliphatic heterocycles. The number of benzene rings is 1. The molecule has 0 saturated heterocycles. The van der Waals surface area contributed by atoms with Gasteiger partial charge in [0.1, 0.15) is 0 Å². The second kappa shape index (κ2) is 4.36. The summed E-state index contributed by atoms with van der Waals surface area (Å²) >= 11 is 0. The highest BCUT2D eigenvalue weighted by Crippen LogP contribution is 2.29. The van der Waals surface area contributed by atoms with E-state index in [4.69, 9.17) is 4.74 Å². The molecule has 0 radical (unpaired) electrons. The van der Waals surface area contributed by atoms with E-state index in [1.807, 2.05) is 6.07 Å². The molecule has 0 bridgehead atoms. The Hall–Kier alpha value is -1.19. The molecule has 0 aliphatic carbocycles. The number of hydrogen-bond acceptors (Lipinski definition) is 3. The molecule has 0 heterocycles. The highest BCUT2D eigenvalue weighted by atomic mass is 16.6. The molecule has 16 heavy (non-hydrogen) atoms. The van der Waals surface area contributed by atoms with Crippen molar-refractivity contribution >= 4 is 5.78 Å². The van der Waals surface area contributed by atoms with E-state index in [1.165, 1.54) is 6.92 Å². The molecular weight excluding hydrogens is 204 g/mol. The third kappa shape index (κ3) is 2.90. The van der Waals surface area contributed by atoms with Crippen LogP contribution in [0.5, 0.6) is 0 Å². The average molecular weight is 222 g/mol. The molecule has 0 spiro atoms. The van der Waals surface area contributed by atoms with Crippen LogP contribution in [0, 0.1) is 0 Å². The van der Waals surface area contributed by atoms with Crippen molar-refractivity contribution in [2.24, 2.45) is 0 Å². The lowest BCUT2D eigenvalue weighted by atomic mass is 10.0. The van der Waals surface area contributed by atoms with Crippen LogP contribution in [0.2, 0.25) is 0 Å². The number of ketones is 1. The molecule has 0 amide bonds. The van der Waals surface area contributed by atoms with Gasteiger partial charge in [0.05, 0.1) is 5.60 Å². The Balaban J connectivity index is 3.13. The monoisotopic (exact) mass is 222 g/mol. The van der Waals surface area contributed by atoms with E-state index in [0.29, 0.717) is 5.56 Å². The van der Waals surface area contributed by atoms with E-state index in [9.17, 15) is 9.90 Å². The third-order valence-corrected chi connectivity index (χ3v) is 2.10. The van der Waals surface area contributed by atoms with Gasteiger partial charge < -0.3 is 9.84 Å². The highest BCUT2D eigenvalue weighted by molar-refractivity contribution is 5.84. The molecule has 1 N–H and O–H groups in total. The molecule has 0 fully saturated rings. The van der Waals surface area contributed by atoms with Crippen LogP contribution in [-0.4, -0.2) is 16.5 Å². The lowest BCUT2D eigenvalue weighted by Gasteiger charge is -2.33. The van der Waals surface area contributed by atoms with Crippen LogP contribution in [0.4, 0.5) is 0 Å². The zero-order valence-electron chi connectivity index (χ0n) is 10.2. The zero-order chi connectivity index (χ0) is 12.4. The van der Waals surface area contributed by atoms with Crippen molar-refractivity contribution < 1.29 is 14.6 Å². The van der Waals surface area contributed by atoms with Crippen molar-refractivity contribution in [1.82, 2.24) is 0 Å². The fourth-order valence-corrected chi connectivity index (χ4v) is 1.44. The van der Waals surface area contributed by atoms with E-state index < -0.39 is 17.2 Å². The van der Waals surface area contributed by atoms with Crippen LogP contribution >= 0.6 is 0 Å². The van der Waals surface area contributed by atoms with E-state index >= 15 is 0 Å². The van der Waals surface area contributed by atoms with E-state index in [-0.39, 0.29) is 0 Å². The van der Waals surface area contributed by atoms with E-state index in [1.54, 1.807) is 45.0 Å². The van der Waals surface area contributed by atoms with Crippen LogP contribution in [-0.2, 0) is 15.3 Å². The first-order chi connectivity index (χ1) is 7.26. The Morgan fingerprint density at radius 2 is 1.69 bits per heavy atom. The van der Waals surface area contributed by atoms with Gasteiger partial charge in [-0.3, -0.25) is 4.79 Å². The Labute approximate surface area is 96.1 Å². The minimum Gasteiger partial charge on any atom is -0.356 e. The second-order valence-electron chi connectivity index (χ2n) is 4.78. The minimum absolute atomic E-state index is 0.423. The molecule has 88 valence electrons. The second-order valence-corrected chi connectivity index (χ2v) is 4.78. The summed E-state index contributed by atoms with van der Waals surface area (Å²) in [6.07, 6.45) is 0. The van der Waals surface area contributed by atoms with Crippen LogP contribution < -0.4 is 0 Å². The summed E-state index contributed by atoms with van der Waals surface area (Å²) in [6.45, 7) is 6.70. The SMILES string of the molecule is CC(=O)C(O)(OC(C)(C)C)c1ccccc1. The van der Waals surface area contributed by atoms with Crippen molar-refractivity contribution in [2.75, 3.05) is 0 Å². The van der Waals surface area contributed by atoms with Crippen molar-refractivity contribution in [3.63, 3.8) is 0 Å². The van der Waals surface area contributed by atoms with Crippen LogP contribution in [0.15, 0.2) is 30.3 Å². The van der Waals surface area contributed by atoms with Gasteiger partial charge in [-0.1, -0.05) is 30.3 Å². The first-order valence-corrected chi connectivity index (χ1v) is 5.25. The van der Waals surface area contributed by atoms with Gasteiger partial charge in [0.25, 0.3) is 5.79 Å². The van der Waals surface area contributed by atoms with Crippen LogP contribution in [0.1, 0.15) is 33.3 Å². The summed E-state index contributed by atoms with van der Waals surface area (Å²) in [6, 6.07) is 8.69. The summed E-state index contributed by atoms with van der Waals surface area (Å²) in [4.78, 5) is 11.6. The molecule has 0 aliphatic rings. The smallest absolute Gasteiger partial charge is 0.254 e. The lowest BCUT2D eigenvalue weighted by Crippen LogP contribution is -2.43. The number of carbonyl (C=O) groups excluding carboxylic acids is 1. The predicted molar refractivity (Wildman–Crippen MR) is 61.9 cm³/mol. The maximum Gasteiger partial charge on any atom is 0.254 e. The maximum atomic E-state index is 11.6. The normalized spacial score (nSPS) is 15.6. The number of aliphatic hydroxyl groups is 1. The molecule has 0 aromatic heterocycles. The van der Waals surface area contributed by atoms with Gasteiger partial charge in [-0.2, -0.15) is 0 Å². The predicted octanol–water partition coefficient (Wildman–Crippen LogP) is 2.24. The molecule has 1 rings (SSSR count). The Morgan fingerprint density at radius 3 is 2.06 bits per heavy atom. The molecule has 3 heteroatoms. The third-order valence-electron chi connectivity index (χ3n) is 2.10. The number of hydrogen-bond donors (Lipinski definition) is 1. The fourth-order valence-electron chi connectivity index (χ4n) is 1.44. The molecular formula is C13H18O3. The van der Waals surface area contributed by atoms with Crippen molar-refractivity contribution in [1.29, 1.82) is 0 Å². The summed E-state index contributed by atoms with van der Waals surface area (Å²) in [5, 5.41) is 10.3. The molecule has 0 saturated carbocycles. The van der Waals surface area contributed by atoms with E-state index in [0.717, 1.165) is 0 Å². The molecule has 1 aromatic carbocycles. The van der Waals surface area contributed by atoms with Crippen molar-refractivity contribution in [3.8, 4) is 0 Å². The van der Waals surface area contributed by atoms with Crippen LogP contribution in [0.3, 0.4) is 0 Å². The van der Waals surface area contributed by atoms with E-state index in [2.05, 4.69) is 0 Å². The summed E-state index contributed by atoms with van der Waals surface area (Å²) in [7, 11) is 0. The quantitative estimate of drug-likeness (QED) is 0.798. The molecule has 1 atom stereocenters. The Kier molecular flexibility index (Phi) is 3.51. The summed E-state index contributed by atoms with van der Waals surface area (Å²) < 4.78 is 5.48. The average Bonchev–Trinajstić information content (AvgIpc) is 2.16. The Bertz CT molecular complexity index is 365. The zero-order valence-corrected chi connectivity index (χ0v) is 10.2. The summed E-state index contributed by atoms with van der Waals surface area (Å²) in [5.74, 6) is -2.28. The maximum absolute atomic E-state index is 11.6. The minimum atomic E-state index is -1.86. The summed E-state index contributed by atoms with van der Waals surface area (Å²) in [5.41, 5.74) is -0.145. The lowest BCUT2D eigenvalue weighted by molar-refractivity contribution is -0.247. The highest BCUT2D eigenvalue weighted by Gasteiger charge is 2.39. The van der Waals surface area contributed by atoms with Gasteiger partial charge in [-0.05, 0) is 20.8 Å². The van der Waals surface area contributed by atoms with Gasteiger partial charge in [-0.15, -0.1) is 0 Å².